The Balaban J connectivity index is 3.22. The van der Waals surface area contributed by atoms with Crippen molar-refractivity contribution in [3.8, 4) is 0 Å². The van der Waals surface area contributed by atoms with Gasteiger partial charge in [0.15, 0.2) is 0 Å². The van der Waals surface area contributed by atoms with Gasteiger partial charge in [-0.2, -0.15) is 13.2 Å². The second-order valence-electron chi connectivity index (χ2n) is 2.39. The highest BCUT2D eigenvalue weighted by Crippen LogP contribution is 2.35. The lowest BCUT2D eigenvalue weighted by molar-refractivity contribution is -0.138. The van der Waals surface area contributed by atoms with Gasteiger partial charge in [-0.15, -0.1) is 0 Å². The number of alkyl halides is 5. The average molecular weight is 276 g/mol. The summed E-state index contributed by atoms with van der Waals surface area (Å²) in [6.45, 7) is 0. The van der Waals surface area contributed by atoms with Crippen molar-refractivity contribution in [3.63, 3.8) is 0 Å². The molecule has 0 N–H and O–H groups in total. The molecule has 0 atom stereocenters. The van der Waals surface area contributed by atoms with Crippen LogP contribution in [0.1, 0.15) is 17.7 Å². The summed E-state index contributed by atoms with van der Waals surface area (Å²) < 4.78 is 60.3. The van der Waals surface area contributed by atoms with Crippen LogP contribution in [0.15, 0.2) is 16.7 Å². The molecule has 0 aromatic carbocycles. The van der Waals surface area contributed by atoms with Crippen LogP contribution in [0.2, 0.25) is 0 Å². The second kappa shape index (κ2) is 3.80. The van der Waals surface area contributed by atoms with Crippen molar-refractivity contribution in [2.75, 3.05) is 0 Å². The van der Waals surface area contributed by atoms with Gasteiger partial charge in [0, 0.05) is 10.7 Å². The van der Waals surface area contributed by atoms with Crippen molar-refractivity contribution in [2.45, 2.75) is 12.6 Å². The van der Waals surface area contributed by atoms with E-state index < -0.39 is 23.9 Å². The summed E-state index contributed by atoms with van der Waals surface area (Å²) in [5, 5.41) is 0. The van der Waals surface area contributed by atoms with Crippen molar-refractivity contribution in [3.05, 3.63) is 28.0 Å². The third-order valence-electron chi connectivity index (χ3n) is 1.41. The summed E-state index contributed by atoms with van der Waals surface area (Å²) >= 11 is 2.59. The lowest BCUT2D eigenvalue weighted by Gasteiger charge is -2.09. The Labute approximate surface area is 84.1 Å². The minimum Gasteiger partial charge on any atom is -0.254 e. The number of hydrogen-bond acceptors (Lipinski definition) is 1. The Morgan fingerprint density at radius 1 is 1.29 bits per heavy atom. The van der Waals surface area contributed by atoms with Crippen LogP contribution in [0, 0.1) is 0 Å². The molecule has 0 aliphatic rings. The number of halogens is 6. The minimum atomic E-state index is -4.66. The lowest BCUT2D eigenvalue weighted by atomic mass is 10.2. The molecule has 0 aliphatic heterocycles. The molecule has 0 saturated heterocycles. The van der Waals surface area contributed by atoms with Gasteiger partial charge >= 0.3 is 6.18 Å². The van der Waals surface area contributed by atoms with Crippen LogP contribution in [0.25, 0.3) is 0 Å². The fraction of sp³-hybridized carbons (Fsp3) is 0.286. The van der Waals surface area contributed by atoms with Crippen LogP contribution < -0.4 is 0 Å². The van der Waals surface area contributed by atoms with Gasteiger partial charge in [0.25, 0.3) is 6.43 Å². The largest absolute Gasteiger partial charge is 0.417 e. The average Bonchev–Trinajstić information content (AvgIpc) is 2.02. The van der Waals surface area contributed by atoms with Crippen LogP contribution in [0.5, 0.6) is 0 Å². The molecule has 0 bridgehead atoms. The molecule has 0 spiro atoms. The molecule has 0 saturated carbocycles. The number of pyridine rings is 1. The first-order valence-corrected chi connectivity index (χ1v) is 4.12. The quantitative estimate of drug-likeness (QED) is 0.711. The van der Waals surface area contributed by atoms with Crippen LogP contribution in [-0.4, -0.2) is 4.98 Å². The summed E-state index contributed by atoms with van der Waals surface area (Å²) in [6.07, 6.45) is -6.96. The zero-order valence-corrected chi connectivity index (χ0v) is 8.03. The molecule has 1 aromatic rings. The van der Waals surface area contributed by atoms with E-state index in [4.69, 9.17) is 0 Å². The van der Waals surface area contributed by atoms with E-state index in [2.05, 4.69) is 20.9 Å². The van der Waals surface area contributed by atoms with Gasteiger partial charge in [0.05, 0.1) is 5.56 Å². The van der Waals surface area contributed by atoms with E-state index in [1.807, 2.05) is 0 Å². The maximum atomic E-state index is 12.2. The highest BCUT2D eigenvalue weighted by Gasteiger charge is 2.34. The predicted molar refractivity (Wildman–Crippen MR) is 41.9 cm³/mol. The van der Waals surface area contributed by atoms with E-state index in [1.54, 1.807) is 0 Å². The van der Waals surface area contributed by atoms with Crippen LogP contribution in [0.3, 0.4) is 0 Å². The molecule has 14 heavy (non-hydrogen) atoms. The van der Waals surface area contributed by atoms with Crippen molar-refractivity contribution in [2.24, 2.45) is 0 Å². The van der Waals surface area contributed by atoms with Gasteiger partial charge in [0.2, 0.25) is 0 Å². The van der Waals surface area contributed by atoms with Crippen LogP contribution in [0.4, 0.5) is 22.0 Å². The van der Waals surface area contributed by atoms with Gasteiger partial charge in [-0.3, -0.25) is 4.98 Å². The lowest BCUT2D eigenvalue weighted by Crippen LogP contribution is -2.08. The van der Waals surface area contributed by atoms with Crippen molar-refractivity contribution >= 4 is 15.9 Å². The molecule has 1 heterocycles. The third-order valence-corrected chi connectivity index (χ3v) is 2.04. The Kier molecular flexibility index (Phi) is 3.08. The highest BCUT2D eigenvalue weighted by molar-refractivity contribution is 9.10. The molecular formula is C7H3BrF5N. The zero-order valence-electron chi connectivity index (χ0n) is 6.45. The maximum Gasteiger partial charge on any atom is 0.417 e. The monoisotopic (exact) mass is 275 g/mol. The Bertz CT molecular complexity index is 335. The van der Waals surface area contributed by atoms with E-state index in [-0.39, 0.29) is 4.47 Å². The number of aromatic nitrogens is 1. The highest BCUT2D eigenvalue weighted by atomic mass is 79.9. The Morgan fingerprint density at radius 3 is 2.29 bits per heavy atom. The summed E-state index contributed by atoms with van der Waals surface area (Å²) in [4.78, 5) is 3.16. The normalized spacial score (nSPS) is 12.2. The number of hydrogen-bond donors (Lipinski definition) is 0. The van der Waals surface area contributed by atoms with E-state index in [1.165, 1.54) is 0 Å². The molecule has 0 aliphatic carbocycles. The SMILES string of the molecule is FC(F)c1cc(C(F)(F)F)c(Br)cn1. The summed E-state index contributed by atoms with van der Waals surface area (Å²) in [6, 6.07) is 0.328. The standard InChI is InChI=1S/C7H3BrF5N/c8-4-2-14-5(6(9)10)1-3(4)7(11,12)13/h1-2,6H. The van der Waals surface area contributed by atoms with E-state index in [9.17, 15) is 22.0 Å². The number of rotatable bonds is 1. The van der Waals surface area contributed by atoms with Crippen molar-refractivity contribution < 1.29 is 22.0 Å². The first kappa shape index (κ1) is 11.4. The fourth-order valence-electron chi connectivity index (χ4n) is 0.791. The molecule has 0 amide bonds. The van der Waals surface area contributed by atoms with Gasteiger partial charge in [-0.05, 0) is 22.0 Å². The summed E-state index contributed by atoms with van der Waals surface area (Å²) in [5.74, 6) is 0. The summed E-state index contributed by atoms with van der Waals surface area (Å²) in [5.41, 5.74) is -2.04. The molecule has 1 aromatic heterocycles. The smallest absolute Gasteiger partial charge is 0.254 e. The van der Waals surface area contributed by atoms with Gasteiger partial charge < -0.3 is 0 Å². The molecule has 78 valence electrons. The topological polar surface area (TPSA) is 12.9 Å². The van der Waals surface area contributed by atoms with E-state index in [0.717, 1.165) is 0 Å². The van der Waals surface area contributed by atoms with Crippen molar-refractivity contribution in [1.29, 1.82) is 0 Å². The maximum absolute atomic E-state index is 12.2. The van der Waals surface area contributed by atoms with E-state index in [0.29, 0.717) is 12.3 Å². The molecule has 0 unspecified atom stereocenters. The van der Waals surface area contributed by atoms with E-state index >= 15 is 0 Å². The van der Waals surface area contributed by atoms with Gasteiger partial charge in [0.1, 0.15) is 5.69 Å². The first-order valence-electron chi connectivity index (χ1n) is 3.33. The first-order chi connectivity index (χ1) is 6.32. The molecule has 0 fully saturated rings. The van der Waals surface area contributed by atoms with Gasteiger partial charge in [-0.25, -0.2) is 8.78 Å². The van der Waals surface area contributed by atoms with Crippen LogP contribution >= 0.6 is 15.9 Å². The second-order valence-corrected chi connectivity index (χ2v) is 3.24. The fourth-order valence-corrected chi connectivity index (χ4v) is 1.23. The molecule has 0 radical (unpaired) electrons. The Hall–Kier alpha value is -0.720. The minimum absolute atomic E-state index is 0.328. The predicted octanol–water partition coefficient (Wildman–Crippen LogP) is 3.80. The third kappa shape index (κ3) is 2.40. The van der Waals surface area contributed by atoms with Gasteiger partial charge in [-0.1, -0.05) is 0 Å². The zero-order chi connectivity index (χ0) is 10.9. The van der Waals surface area contributed by atoms with Crippen molar-refractivity contribution in [1.82, 2.24) is 4.98 Å². The summed E-state index contributed by atoms with van der Waals surface area (Å²) in [7, 11) is 0. The number of nitrogens with zero attached hydrogens (tertiary/aromatic N) is 1. The molecule has 1 nitrogen and oxygen atoms in total. The molecule has 1 rings (SSSR count). The van der Waals surface area contributed by atoms with Crippen LogP contribution in [-0.2, 0) is 6.18 Å². The molecular weight excluding hydrogens is 273 g/mol. The molecule has 7 heteroatoms. The Morgan fingerprint density at radius 2 is 1.86 bits per heavy atom.